The second-order valence-electron chi connectivity index (χ2n) is 6.33. The molecule has 146 valence electrons. The number of carbonyl (C=O) groups excluding carboxylic acids is 1. The van der Waals surface area contributed by atoms with Crippen LogP contribution in [0.2, 0.25) is 5.02 Å². The number of benzene rings is 2. The maximum atomic E-state index is 12.3. The molecule has 0 aliphatic heterocycles. The molecule has 1 aromatic heterocycles. The Kier molecular flexibility index (Phi) is 6.95. The predicted molar refractivity (Wildman–Crippen MR) is 112 cm³/mol. The minimum absolute atomic E-state index is 0.127. The Morgan fingerprint density at radius 3 is 2.64 bits per heavy atom. The third-order valence-corrected chi connectivity index (χ3v) is 5.50. The van der Waals surface area contributed by atoms with Gasteiger partial charge in [0.2, 0.25) is 5.91 Å². The Morgan fingerprint density at radius 2 is 1.93 bits per heavy atom. The Labute approximate surface area is 172 Å². The Hall–Kier alpha value is -2.51. The number of hydrogen-bond acceptors (Lipinski definition) is 4. The van der Waals surface area contributed by atoms with Gasteiger partial charge in [-0.15, -0.1) is 5.10 Å². The summed E-state index contributed by atoms with van der Waals surface area (Å²) in [4.78, 5) is 24.3. The first-order valence-electron chi connectivity index (χ1n) is 8.89. The van der Waals surface area contributed by atoms with Gasteiger partial charge < -0.3 is 5.32 Å². The molecule has 1 heterocycles. The number of hydrogen-bond donors (Lipinski definition) is 2. The number of amides is 1. The molecule has 3 aromatic rings. The minimum atomic E-state index is -0.270. The fraction of sp³-hybridized carbons (Fsp3) is 0.250. The topological polar surface area (TPSA) is 79.8 Å². The summed E-state index contributed by atoms with van der Waals surface area (Å²) in [5.41, 5.74) is 1.84. The van der Waals surface area contributed by atoms with Gasteiger partial charge in [-0.05, 0) is 36.6 Å². The summed E-state index contributed by atoms with van der Waals surface area (Å²) in [6.07, 6.45) is 0.716. The summed E-state index contributed by atoms with van der Waals surface area (Å²) < 4.78 is 1.56. The van der Waals surface area contributed by atoms with Crippen LogP contribution in [0.5, 0.6) is 0 Å². The second kappa shape index (κ2) is 9.61. The van der Waals surface area contributed by atoms with Crippen molar-refractivity contribution in [2.75, 3.05) is 5.75 Å². The van der Waals surface area contributed by atoms with Gasteiger partial charge >= 0.3 is 5.69 Å². The van der Waals surface area contributed by atoms with E-state index in [1.807, 2.05) is 49.4 Å². The molecule has 0 aliphatic carbocycles. The highest BCUT2D eigenvalue weighted by Gasteiger charge is 2.14. The Balaban J connectivity index is 1.54. The molecule has 28 heavy (non-hydrogen) atoms. The maximum absolute atomic E-state index is 12.3. The van der Waals surface area contributed by atoms with E-state index >= 15 is 0 Å². The van der Waals surface area contributed by atoms with Crippen molar-refractivity contribution < 1.29 is 4.79 Å². The van der Waals surface area contributed by atoms with Crippen molar-refractivity contribution in [3.8, 4) is 0 Å². The fourth-order valence-corrected chi connectivity index (χ4v) is 3.65. The van der Waals surface area contributed by atoms with Crippen molar-refractivity contribution in [2.24, 2.45) is 0 Å². The van der Waals surface area contributed by atoms with Gasteiger partial charge in [-0.3, -0.25) is 9.36 Å². The summed E-state index contributed by atoms with van der Waals surface area (Å²) in [6.45, 7) is 2.42. The van der Waals surface area contributed by atoms with E-state index in [1.54, 1.807) is 16.7 Å². The lowest BCUT2D eigenvalue weighted by molar-refractivity contribution is -0.119. The molecule has 8 heteroatoms. The molecule has 0 saturated carbocycles. The molecule has 3 rings (SSSR count). The SMILES string of the molecule is CC(NC(=O)CSc1n[nH]c(=O)n1CCc1ccccc1)c1ccc(Cl)cc1. The predicted octanol–water partition coefficient (Wildman–Crippen LogP) is 3.44. The van der Waals surface area contributed by atoms with Gasteiger partial charge in [-0.25, -0.2) is 9.89 Å². The quantitative estimate of drug-likeness (QED) is 0.551. The molecule has 6 nitrogen and oxygen atoms in total. The van der Waals surface area contributed by atoms with Crippen molar-refractivity contribution in [1.29, 1.82) is 0 Å². The van der Waals surface area contributed by atoms with Gasteiger partial charge in [0.1, 0.15) is 0 Å². The van der Waals surface area contributed by atoms with Gasteiger partial charge in [0, 0.05) is 11.6 Å². The zero-order valence-electron chi connectivity index (χ0n) is 15.4. The number of carbonyl (C=O) groups is 1. The number of nitrogens with zero attached hydrogens (tertiary/aromatic N) is 2. The minimum Gasteiger partial charge on any atom is -0.349 e. The average Bonchev–Trinajstić information content (AvgIpc) is 3.05. The Morgan fingerprint density at radius 1 is 1.21 bits per heavy atom. The molecule has 0 radical (unpaired) electrons. The van der Waals surface area contributed by atoms with Crippen molar-refractivity contribution in [3.05, 3.63) is 81.2 Å². The van der Waals surface area contributed by atoms with Crippen LogP contribution in [-0.4, -0.2) is 26.4 Å². The number of H-pyrrole nitrogens is 1. The monoisotopic (exact) mass is 416 g/mol. The van der Waals surface area contributed by atoms with Crippen LogP contribution >= 0.6 is 23.4 Å². The number of halogens is 1. The van der Waals surface area contributed by atoms with Gasteiger partial charge in [-0.1, -0.05) is 65.8 Å². The van der Waals surface area contributed by atoms with E-state index in [4.69, 9.17) is 11.6 Å². The molecule has 0 saturated heterocycles. The number of thioether (sulfide) groups is 1. The third-order valence-electron chi connectivity index (χ3n) is 4.27. The lowest BCUT2D eigenvalue weighted by Gasteiger charge is -2.14. The number of nitrogens with one attached hydrogen (secondary N) is 2. The third kappa shape index (κ3) is 5.50. The van der Waals surface area contributed by atoms with Crippen molar-refractivity contribution in [3.63, 3.8) is 0 Å². The fourth-order valence-electron chi connectivity index (χ4n) is 2.74. The summed E-state index contributed by atoms with van der Waals surface area (Å²) in [5.74, 6) is 0.0469. The van der Waals surface area contributed by atoms with Gasteiger partial charge in [0.05, 0.1) is 11.8 Å². The molecule has 0 fully saturated rings. The molecular weight excluding hydrogens is 396 g/mol. The van der Waals surface area contributed by atoms with Crippen LogP contribution < -0.4 is 11.0 Å². The highest BCUT2D eigenvalue weighted by Crippen LogP contribution is 2.17. The average molecular weight is 417 g/mol. The van der Waals surface area contributed by atoms with Gasteiger partial charge in [0.25, 0.3) is 0 Å². The smallest absolute Gasteiger partial charge is 0.343 e. The summed E-state index contributed by atoms with van der Waals surface area (Å²) in [7, 11) is 0. The molecule has 1 unspecified atom stereocenters. The van der Waals surface area contributed by atoms with Crippen LogP contribution in [-0.2, 0) is 17.8 Å². The first-order chi connectivity index (χ1) is 13.5. The van der Waals surface area contributed by atoms with Crippen molar-refractivity contribution in [1.82, 2.24) is 20.1 Å². The largest absolute Gasteiger partial charge is 0.349 e. The van der Waals surface area contributed by atoms with Crippen LogP contribution in [0.25, 0.3) is 0 Å². The van der Waals surface area contributed by atoms with Gasteiger partial charge in [0.15, 0.2) is 5.16 Å². The summed E-state index contributed by atoms with van der Waals surface area (Å²) >= 11 is 7.13. The van der Waals surface area contributed by atoms with Crippen LogP contribution in [0.4, 0.5) is 0 Å². The van der Waals surface area contributed by atoms with Crippen molar-refractivity contribution in [2.45, 2.75) is 31.1 Å². The molecule has 1 amide bonds. The highest BCUT2D eigenvalue weighted by atomic mass is 35.5. The van der Waals surface area contributed by atoms with E-state index < -0.39 is 0 Å². The van der Waals surface area contributed by atoms with Crippen LogP contribution in [0.3, 0.4) is 0 Å². The Bertz CT molecular complexity index is 970. The number of rotatable bonds is 8. The van der Waals surface area contributed by atoms with Crippen molar-refractivity contribution >= 4 is 29.3 Å². The number of aromatic amines is 1. The number of aromatic nitrogens is 3. The summed E-state index contributed by atoms with van der Waals surface area (Å²) in [5, 5.41) is 10.6. The lowest BCUT2D eigenvalue weighted by Crippen LogP contribution is -2.28. The van der Waals surface area contributed by atoms with E-state index in [0.29, 0.717) is 23.1 Å². The lowest BCUT2D eigenvalue weighted by atomic mass is 10.1. The first-order valence-corrected chi connectivity index (χ1v) is 10.3. The van der Waals surface area contributed by atoms with E-state index in [-0.39, 0.29) is 23.4 Å². The first kappa shape index (κ1) is 20.2. The molecule has 1 atom stereocenters. The van der Waals surface area contributed by atoms with E-state index in [1.165, 1.54) is 11.8 Å². The van der Waals surface area contributed by atoms with Crippen LogP contribution in [0.1, 0.15) is 24.1 Å². The second-order valence-corrected chi connectivity index (χ2v) is 7.71. The zero-order valence-corrected chi connectivity index (χ0v) is 17.0. The molecular formula is C20H21ClN4O2S. The van der Waals surface area contributed by atoms with E-state index in [2.05, 4.69) is 15.5 Å². The standard InChI is InChI=1S/C20H21ClN4O2S/c1-14(16-7-9-17(21)10-8-16)22-18(26)13-28-20-24-23-19(27)25(20)12-11-15-5-3-2-4-6-15/h2-10,14H,11-13H2,1H3,(H,22,26)(H,23,27). The van der Waals surface area contributed by atoms with Gasteiger partial charge in [-0.2, -0.15) is 0 Å². The molecule has 0 bridgehead atoms. The normalized spacial score (nSPS) is 11.9. The molecule has 2 N–H and O–H groups in total. The van der Waals surface area contributed by atoms with E-state index in [9.17, 15) is 9.59 Å². The zero-order chi connectivity index (χ0) is 19.9. The van der Waals surface area contributed by atoms with E-state index in [0.717, 1.165) is 11.1 Å². The molecule has 2 aromatic carbocycles. The van der Waals surface area contributed by atoms with Crippen LogP contribution in [0.15, 0.2) is 64.5 Å². The maximum Gasteiger partial charge on any atom is 0.343 e. The summed E-state index contributed by atoms with van der Waals surface area (Å²) in [6, 6.07) is 17.2. The number of aryl methyl sites for hydroxylation is 1. The highest BCUT2D eigenvalue weighted by molar-refractivity contribution is 7.99. The molecule has 0 aliphatic rings. The van der Waals surface area contributed by atoms with Crippen LogP contribution in [0, 0.1) is 0 Å². The molecule has 0 spiro atoms.